The number of anilines is 1. The molecule has 0 atom stereocenters. The predicted octanol–water partition coefficient (Wildman–Crippen LogP) is 5.56. The summed E-state index contributed by atoms with van der Waals surface area (Å²) >= 11 is 16.5. The third-order valence-corrected chi connectivity index (χ3v) is 5.94. The van der Waals surface area contributed by atoms with Gasteiger partial charge in [-0.05, 0) is 42.3 Å². The van der Waals surface area contributed by atoms with Gasteiger partial charge in [0.2, 0.25) is 5.95 Å². The average Bonchev–Trinajstić information content (AvgIpc) is 3.24. The summed E-state index contributed by atoms with van der Waals surface area (Å²) in [6, 6.07) is 12.9. The Morgan fingerprint density at radius 2 is 1.82 bits per heavy atom. The molecular formula is C23H20BrCl2N5O2. The first-order valence-electron chi connectivity index (χ1n) is 10.1. The minimum atomic E-state index is -0.167. The topological polar surface area (TPSA) is 107 Å². The van der Waals surface area contributed by atoms with Crippen LogP contribution in [-0.4, -0.2) is 43.3 Å². The van der Waals surface area contributed by atoms with Crippen LogP contribution in [0.2, 0.25) is 10.0 Å². The first-order valence-corrected chi connectivity index (χ1v) is 11.7. The second kappa shape index (κ2) is 10.6. The first kappa shape index (κ1) is 23.7. The summed E-state index contributed by atoms with van der Waals surface area (Å²) in [7, 11) is 0. The number of hydrogen-bond donors (Lipinski definition) is 4. The van der Waals surface area contributed by atoms with Crippen LogP contribution in [0.3, 0.4) is 0 Å². The molecule has 0 unspecified atom stereocenters. The monoisotopic (exact) mass is 547 g/mol. The normalized spacial score (nSPS) is 11.1. The molecule has 2 aromatic heterocycles. The zero-order chi connectivity index (χ0) is 23.4. The van der Waals surface area contributed by atoms with Gasteiger partial charge in [-0.25, -0.2) is 15.0 Å². The Morgan fingerprint density at radius 1 is 1.03 bits per heavy atom. The van der Waals surface area contributed by atoms with Gasteiger partial charge < -0.3 is 20.5 Å². The number of aromatic nitrogens is 4. The second-order valence-electron chi connectivity index (χ2n) is 7.18. The number of imidazole rings is 1. The zero-order valence-corrected chi connectivity index (χ0v) is 20.4. The Kier molecular flexibility index (Phi) is 7.62. The highest BCUT2D eigenvalue weighted by Gasteiger charge is 2.20. The van der Waals surface area contributed by atoms with Gasteiger partial charge in [-0.3, -0.25) is 0 Å². The number of aliphatic hydroxyl groups is 2. The third kappa shape index (κ3) is 5.37. The highest BCUT2D eigenvalue weighted by atomic mass is 79.9. The molecule has 0 amide bonds. The van der Waals surface area contributed by atoms with E-state index in [1.807, 2.05) is 24.3 Å². The van der Waals surface area contributed by atoms with Crippen molar-refractivity contribution in [3.8, 4) is 34.0 Å². The molecule has 4 N–H and O–H groups in total. The average molecular weight is 549 g/mol. The lowest BCUT2D eigenvalue weighted by atomic mass is 10.1. The van der Waals surface area contributed by atoms with E-state index < -0.39 is 0 Å². The van der Waals surface area contributed by atoms with Crippen LogP contribution in [0.15, 0.2) is 53.1 Å². The molecular weight excluding hydrogens is 529 g/mol. The van der Waals surface area contributed by atoms with E-state index in [0.29, 0.717) is 63.0 Å². The van der Waals surface area contributed by atoms with Crippen molar-refractivity contribution < 1.29 is 10.2 Å². The van der Waals surface area contributed by atoms with E-state index in [0.717, 1.165) is 10.0 Å². The van der Waals surface area contributed by atoms with Gasteiger partial charge in [-0.1, -0.05) is 51.3 Å². The van der Waals surface area contributed by atoms with E-state index >= 15 is 0 Å². The number of rotatable bonds is 8. The molecule has 0 fully saturated rings. The lowest BCUT2D eigenvalue weighted by Gasteiger charge is -2.07. The number of aromatic amines is 1. The van der Waals surface area contributed by atoms with Gasteiger partial charge in [0.25, 0.3) is 0 Å². The van der Waals surface area contributed by atoms with Crippen molar-refractivity contribution in [3.05, 3.63) is 68.7 Å². The highest BCUT2D eigenvalue weighted by Crippen LogP contribution is 2.39. The molecule has 0 aliphatic carbocycles. The quantitative estimate of drug-likeness (QED) is 0.215. The maximum Gasteiger partial charge on any atom is 0.223 e. The van der Waals surface area contributed by atoms with Gasteiger partial charge in [0.15, 0.2) is 0 Å². The van der Waals surface area contributed by atoms with Crippen molar-refractivity contribution in [3.63, 3.8) is 0 Å². The molecule has 0 saturated heterocycles. The van der Waals surface area contributed by atoms with Crippen LogP contribution in [0, 0.1) is 0 Å². The molecule has 2 heterocycles. The second-order valence-corrected chi connectivity index (χ2v) is 8.91. The highest BCUT2D eigenvalue weighted by molar-refractivity contribution is 9.10. The van der Waals surface area contributed by atoms with Crippen molar-refractivity contribution >= 4 is 45.1 Å². The van der Waals surface area contributed by atoms with E-state index in [1.165, 1.54) is 0 Å². The Labute approximate surface area is 209 Å². The summed E-state index contributed by atoms with van der Waals surface area (Å²) in [5, 5.41) is 22.3. The van der Waals surface area contributed by atoms with E-state index in [-0.39, 0.29) is 13.2 Å². The van der Waals surface area contributed by atoms with Crippen LogP contribution in [0.5, 0.6) is 0 Å². The Balaban J connectivity index is 1.85. The molecule has 4 aromatic rings. The lowest BCUT2D eigenvalue weighted by Crippen LogP contribution is -2.07. The lowest BCUT2D eigenvalue weighted by molar-refractivity contribution is 0.282. The molecule has 2 aromatic carbocycles. The minimum absolute atomic E-state index is 0.0836. The summed E-state index contributed by atoms with van der Waals surface area (Å²) < 4.78 is 0.910. The molecule has 0 saturated carbocycles. The maximum atomic E-state index is 9.44. The number of nitrogens with zero attached hydrogens (tertiary/aromatic N) is 3. The maximum absolute atomic E-state index is 9.44. The van der Waals surface area contributed by atoms with Crippen molar-refractivity contribution in [1.29, 1.82) is 0 Å². The molecule has 0 aliphatic rings. The summed E-state index contributed by atoms with van der Waals surface area (Å²) in [6.07, 6.45) is 2.25. The van der Waals surface area contributed by atoms with Crippen LogP contribution in [0.4, 0.5) is 5.95 Å². The standard InChI is InChI=1S/C23H20BrCl2N5O2/c24-15-4-1-3-14(11-15)20-21(18-5-7-28-23(29-18)27-6-2-8-32)31-22(30-20)19-16(25)9-13(12-33)10-17(19)26/h1,3-5,7,9-11,32-33H,2,6,8,12H2,(H,30,31)(H,27,28,29). The van der Waals surface area contributed by atoms with Gasteiger partial charge >= 0.3 is 0 Å². The van der Waals surface area contributed by atoms with Crippen LogP contribution in [-0.2, 0) is 6.61 Å². The summed E-state index contributed by atoms with van der Waals surface area (Å²) in [5.41, 5.74) is 3.99. The van der Waals surface area contributed by atoms with Crippen molar-refractivity contribution in [2.24, 2.45) is 0 Å². The zero-order valence-electron chi connectivity index (χ0n) is 17.3. The molecule has 7 nitrogen and oxygen atoms in total. The Bertz CT molecular complexity index is 1260. The van der Waals surface area contributed by atoms with E-state index in [4.69, 9.17) is 33.3 Å². The fraction of sp³-hybridized carbons (Fsp3) is 0.174. The van der Waals surface area contributed by atoms with Crippen LogP contribution in [0.1, 0.15) is 12.0 Å². The fourth-order valence-electron chi connectivity index (χ4n) is 3.33. The van der Waals surface area contributed by atoms with E-state index in [9.17, 15) is 5.11 Å². The van der Waals surface area contributed by atoms with Crippen molar-refractivity contribution in [1.82, 2.24) is 19.9 Å². The number of aliphatic hydroxyl groups excluding tert-OH is 2. The van der Waals surface area contributed by atoms with Gasteiger partial charge in [-0.15, -0.1) is 0 Å². The summed E-state index contributed by atoms with van der Waals surface area (Å²) in [4.78, 5) is 17.0. The van der Waals surface area contributed by atoms with Gasteiger partial charge in [0, 0.05) is 29.4 Å². The molecule has 0 radical (unpaired) electrons. The fourth-order valence-corrected chi connectivity index (χ4v) is 4.44. The molecule has 170 valence electrons. The third-order valence-electron chi connectivity index (χ3n) is 4.85. The number of benzene rings is 2. The van der Waals surface area contributed by atoms with E-state index in [2.05, 4.69) is 36.2 Å². The minimum Gasteiger partial charge on any atom is -0.396 e. The molecule has 33 heavy (non-hydrogen) atoms. The molecule has 0 aliphatic heterocycles. The van der Waals surface area contributed by atoms with Crippen LogP contribution < -0.4 is 5.32 Å². The number of halogens is 3. The van der Waals surface area contributed by atoms with Crippen LogP contribution in [0.25, 0.3) is 34.0 Å². The Morgan fingerprint density at radius 3 is 2.52 bits per heavy atom. The summed E-state index contributed by atoms with van der Waals surface area (Å²) in [5.74, 6) is 0.925. The SMILES string of the molecule is OCCCNc1nccc(-c2[nH]c(-c3c(Cl)cc(CO)cc3Cl)nc2-c2cccc(Br)c2)n1. The number of hydrogen-bond acceptors (Lipinski definition) is 6. The van der Waals surface area contributed by atoms with Gasteiger partial charge in [0.1, 0.15) is 5.82 Å². The largest absolute Gasteiger partial charge is 0.396 e. The molecule has 10 heteroatoms. The van der Waals surface area contributed by atoms with Crippen LogP contribution >= 0.6 is 39.1 Å². The van der Waals surface area contributed by atoms with Gasteiger partial charge in [-0.2, -0.15) is 0 Å². The molecule has 0 spiro atoms. The molecule has 0 bridgehead atoms. The Hall–Kier alpha value is -2.49. The van der Waals surface area contributed by atoms with Crippen molar-refractivity contribution in [2.75, 3.05) is 18.5 Å². The van der Waals surface area contributed by atoms with E-state index in [1.54, 1.807) is 24.4 Å². The number of H-pyrrole nitrogens is 1. The summed E-state index contributed by atoms with van der Waals surface area (Å²) in [6.45, 7) is 0.467. The predicted molar refractivity (Wildman–Crippen MR) is 134 cm³/mol. The smallest absolute Gasteiger partial charge is 0.223 e. The molecule has 4 rings (SSSR count). The van der Waals surface area contributed by atoms with Gasteiger partial charge in [0.05, 0.1) is 39.3 Å². The number of nitrogens with one attached hydrogen (secondary N) is 2. The first-order chi connectivity index (χ1) is 16.0. The van der Waals surface area contributed by atoms with Crippen molar-refractivity contribution in [2.45, 2.75) is 13.0 Å².